The summed E-state index contributed by atoms with van der Waals surface area (Å²) in [5.74, 6) is -1.99. The minimum atomic E-state index is -1.11. The van der Waals surface area contributed by atoms with Crippen molar-refractivity contribution >= 4 is 17.6 Å². The average molecular weight is 266 g/mol. The minimum absolute atomic E-state index is 0.222. The van der Waals surface area contributed by atoms with Gasteiger partial charge in [-0.05, 0) is 24.3 Å². The average Bonchev–Trinajstić information content (AvgIpc) is 2.37. The molecule has 19 heavy (non-hydrogen) atoms. The van der Waals surface area contributed by atoms with Gasteiger partial charge < -0.3 is 15.7 Å². The second kappa shape index (κ2) is 7.27. The number of nitrogens with one attached hydrogen (secondary N) is 2. The Morgan fingerprint density at radius 3 is 2.53 bits per heavy atom. The number of amides is 1. The van der Waals surface area contributed by atoms with Crippen molar-refractivity contribution in [3.63, 3.8) is 0 Å². The SMILES string of the molecule is C=CCN[C@@H](CC(=O)Nc1ccc(F)cc1)C(=O)O. The van der Waals surface area contributed by atoms with Crippen molar-refractivity contribution in [2.45, 2.75) is 12.5 Å². The lowest BCUT2D eigenvalue weighted by Crippen LogP contribution is -2.39. The number of aliphatic carboxylic acids is 1. The third kappa shape index (κ3) is 5.31. The molecule has 0 heterocycles. The van der Waals surface area contributed by atoms with Gasteiger partial charge in [-0.3, -0.25) is 9.59 Å². The number of halogens is 1. The Morgan fingerprint density at radius 2 is 2.00 bits per heavy atom. The molecule has 0 aliphatic heterocycles. The summed E-state index contributed by atoms with van der Waals surface area (Å²) in [5, 5.41) is 14.1. The van der Waals surface area contributed by atoms with E-state index in [0.717, 1.165) is 0 Å². The molecule has 0 radical (unpaired) electrons. The second-order valence-corrected chi connectivity index (χ2v) is 3.85. The van der Waals surface area contributed by atoms with Crippen LogP contribution < -0.4 is 10.6 Å². The predicted octanol–water partition coefficient (Wildman–Crippen LogP) is 1.38. The number of carbonyl (C=O) groups excluding carboxylic acids is 1. The summed E-state index contributed by atoms with van der Waals surface area (Å²) in [4.78, 5) is 22.6. The largest absolute Gasteiger partial charge is 0.480 e. The molecule has 0 spiro atoms. The van der Waals surface area contributed by atoms with E-state index < -0.39 is 23.7 Å². The highest BCUT2D eigenvalue weighted by molar-refractivity contribution is 5.94. The summed E-state index contributed by atoms with van der Waals surface area (Å²) in [6, 6.07) is 4.24. The van der Waals surface area contributed by atoms with E-state index in [0.29, 0.717) is 12.2 Å². The van der Waals surface area contributed by atoms with Gasteiger partial charge in [0.05, 0.1) is 6.42 Å². The van der Waals surface area contributed by atoms with E-state index in [2.05, 4.69) is 17.2 Å². The molecule has 5 nitrogen and oxygen atoms in total. The van der Waals surface area contributed by atoms with Crippen LogP contribution in [0.15, 0.2) is 36.9 Å². The van der Waals surface area contributed by atoms with Crippen molar-refractivity contribution < 1.29 is 19.1 Å². The van der Waals surface area contributed by atoms with Crippen LogP contribution in [0.3, 0.4) is 0 Å². The second-order valence-electron chi connectivity index (χ2n) is 3.85. The lowest BCUT2D eigenvalue weighted by atomic mass is 10.2. The summed E-state index contributed by atoms with van der Waals surface area (Å²) < 4.78 is 12.7. The van der Waals surface area contributed by atoms with Crippen LogP contribution in [0.2, 0.25) is 0 Å². The van der Waals surface area contributed by atoms with E-state index in [4.69, 9.17) is 5.11 Å². The van der Waals surface area contributed by atoms with Crippen molar-refractivity contribution in [1.82, 2.24) is 5.32 Å². The molecular weight excluding hydrogens is 251 g/mol. The van der Waals surface area contributed by atoms with E-state index in [1.807, 2.05) is 0 Å². The smallest absolute Gasteiger partial charge is 0.321 e. The molecule has 1 atom stereocenters. The molecule has 0 saturated heterocycles. The number of carboxylic acid groups (broad SMARTS) is 1. The van der Waals surface area contributed by atoms with Crippen LogP contribution in [0.4, 0.5) is 10.1 Å². The van der Waals surface area contributed by atoms with E-state index in [1.165, 1.54) is 30.3 Å². The topological polar surface area (TPSA) is 78.4 Å². The molecule has 0 bridgehead atoms. The van der Waals surface area contributed by atoms with Gasteiger partial charge in [0, 0.05) is 12.2 Å². The zero-order valence-corrected chi connectivity index (χ0v) is 10.2. The molecule has 6 heteroatoms. The molecule has 0 aromatic heterocycles. The van der Waals surface area contributed by atoms with Crippen molar-refractivity contribution in [1.29, 1.82) is 0 Å². The summed E-state index contributed by atoms with van der Waals surface area (Å²) in [5.41, 5.74) is 0.416. The number of hydrogen-bond donors (Lipinski definition) is 3. The molecule has 0 aliphatic carbocycles. The van der Waals surface area contributed by atoms with Crippen LogP contribution >= 0.6 is 0 Å². The van der Waals surface area contributed by atoms with Crippen molar-refractivity contribution in [2.75, 3.05) is 11.9 Å². The first-order chi connectivity index (χ1) is 9.02. The van der Waals surface area contributed by atoms with Crippen LogP contribution in [0.25, 0.3) is 0 Å². The monoisotopic (exact) mass is 266 g/mol. The predicted molar refractivity (Wildman–Crippen MR) is 69.3 cm³/mol. The normalized spacial score (nSPS) is 11.6. The Morgan fingerprint density at radius 1 is 1.37 bits per heavy atom. The highest BCUT2D eigenvalue weighted by atomic mass is 19.1. The van der Waals surface area contributed by atoms with E-state index in [9.17, 15) is 14.0 Å². The van der Waals surface area contributed by atoms with Gasteiger partial charge in [-0.1, -0.05) is 6.08 Å². The molecular formula is C13H15FN2O3. The highest BCUT2D eigenvalue weighted by Crippen LogP contribution is 2.09. The Kier molecular flexibility index (Phi) is 5.69. The number of carboxylic acids is 1. The fourth-order valence-corrected chi connectivity index (χ4v) is 1.40. The maximum Gasteiger partial charge on any atom is 0.321 e. The standard InChI is InChI=1S/C13H15FN2O3/c1-2-7-15-11(13(18)19)8-12(17)16-10-5-3-9(14)4-6-10/h2-6,11,15H,1,7-8H2,(H,16,17)(H,18,19)/t11-/m0/s1. The van der Waals surface area contributed by atoms with Gasteiger partial charge in [0.15, 0.2) is 0 Å². The maximum atomic E-state index is 12.7. The molecule has 1 amide bonds. The first kappa shape index (κ1) is 14.8. The minimum Gasteiger partial charge on any atom is -0.480 e. The number of anilines is 1. The first-order valence-electron chi connectivity index (χ1n) is 5.65. The molecule has 0 fully saturated rings. The van der Waals surface area contributed by atoms with Gasteiger partial charge in [-0.25, -0.2) is 4.39 Å². The Balaban J connectivity index is 2.54. The number of rotatable bonds is 7. The quantitative estimate of drug-likeness (QED) is 0.651. The third-order valence-corrected chi connectivity index (χ3v) is 2.32. The van der Waals surface area contributed by atoms with Crippen LogP contribution in [0.1, 0.15) is 6.42 Å². The zero-order valence-electron chi connectivity index (χ0n) is 10.2. The Labute approximate surface area is 110 Å². The molecule has 1 aromatic rings. The van der Waals surface area contributed by atoms with E-state index >= 15 is 0 Å². The van der Waals surface area contributed by atoms with E-state index in [1.54, 1.807) is 0 Å². The van der Waals surface area contributed by atoms with Gasteiger partial charge in [-0.15, -0.1) is 6.58 Å². The first-order valence-corrected chi connectivity index (χ1v) is 5.65. The lowest BCUT2D eigenvalue weighted by Gasteiger charge is -2.13. The van der Waals surface area contributed by atoms with Crippen molar-refractivity contribution in [3.05, 3.63) is 42.7 Å². The van der Waals surface area contributed by atoms with Crippen LogP contribution in [-0.4, -0.2) is 29.6 Å². The number of carbonyl (C=O) groups is 2. The molecule has 102 valence electrons. The maximum absolute atomic E-state index is 12.7. The fraction of sp³-hybridized carbons (Fsp3) is 0.231. The molecule has 0 unspecified atom stereocenters. The summed E-state index contributed by atoms with van der Waals surface area (Å²) in [6.45, 7) is 3.75. The van der Waals surface area contributed by atoms with Gasteiger partial charge >= 0.3 is 5.97 Å². The fourth-order valence-electron chi connectivity index (χ4n) is 1.40. The van der Waals surface area contributed by atoms with Crippen LogP contribution in [0, 0.1) is 5.82 Å². The molecule has 3 N–H and O–H groups in total. The van der Waals surface area contributed by atoms with Gasteiger partial charge in [0.2, 0.25) is 5.91 Å². The van der Waals surface area contributed by atoms with Gasteiger partial charge in [0.25, 0.3) is 0 Å². The lowest BCUT2D eigenvalue weighted by molar-refractivity contribution is -0.140. The van der Waals surface area contributed by atoms with Crippen molar-refractivity contribution in [3.8, 4) is 0 Å². The zero-order chi connectivity index (χ0) is 14.3. The van der Waals surface area contributed by atoms with Crippen LogP contribution in [-0.2, 0) is 9.59 Å². The van der Waals surface area contributed by atoms with Gasteiger partial charge in [0.1, 0.15) is 11.9 Å². The molecule has 0 aliphatic rings. The van der Waals surface area contributed by atoms with Crippen LogP contribution in [0.5, 0.6) is 0 Å². The molecule has 1 rings (SSSR count). The number of hydrogen-bond acceptors (Lipinski definition) is 3. The Hall–Kier alpha value is -2.21. The Bertz CT molecular complexity index is 459. The van der Waals surface area contributed by atoms with Gasteiger partial charge in [-0.2, -0.15) is 0 Å². The highest BCUT2D eigenvalue weighted by Gasteiger charge is 2.20. The van der Waals surface area contributed by atoms with E-state index in [-0.39, 0.29) is 6.42 Å². The number of benzene rings is 1. The summed E-state index contributed by atoms with van der Waals surface area (Å²) in [7, 11) is 0. The van der Waals surface area contributed by atoms with Crippen molar-refractivity contribution in [2.24, 2.45) is 0 Å². The molecule has 0 saturated carbocycles. The molecule has 1 aromatic carbocycles. The summed E-state index contributed by atoms with van der Waals surface area (Å²) in [6.07, 6.45) is 1.29. The third-order valence-electron chi connectivity index (χ3n) is 2.32. The summed E-state index contributed by atoms with van der Waals surface area (Å²) >= 11 is 0.